The van der Waals surface area contributed by atoms with Gasteiger partial charge in [-0.05, 0) is 25.9 Å². The summed E-state index contributed by atoms with van der Waals surface area (Å²) in [5.41, 5.74) is 0. The van der Waals surface area contributed by atoms with Gasteiger partial charge in [0, 0.05) is 52.1 Å². The topological polar surface area (TPSA) is 88.6 Å². The second-order valence-electron chi connectivity index (χ2n) is 5.54. The highest BCUT2D eigenvalue weighted by atomic mass is 16.5. The van der Waals surface area contributed by atoms with Gasteiger partial charge in [-0.3, -0.25) is 0 Å². The van der Waals surface area contributed by atoms with Crippen molar-refractivity contribution in [2.24, 2.45) is 0 Å². The van der Waals surface area contributed by atoms with Crippen molar-refractivity contribution in [3.8, 4) is 0 Å². The summed E-state index contributed by atoms with van der Waals surface area (Å²) in [6.07, 6.45) is 4.44. The van der Waals surface area contributed by atoms with E-state index in [4.69, 9.17) is 0 Å². The van der Waals surface area contributed by atoms with E-state index in [1.54, 1.807) is 0 Å². The van der Waals surface area contributed by atoms with Crippen LogP contribution in [0.15, 0.2) is 0 Å². The molecule has 0 amide bonds. The van der Waals surface area contributed by atoms with Crippen LogP contribution in [0.3, 0.4) is 0 Å². The van der Waals surface area contributed by atoms with E-state index < -0.39 is 5.79 Å². The lowest BCUT2D eigenvalue weighted by atomic mass is 10.1. The minimum atomic E-state index is -1.56. The predicted octanol–water partition coefficient (Wildman–Crippen LogP) is -1.01. The van der Waals surface area contributed by atoms with Gasteiger partial charge in [0.1, 0.15) is 0 Å². The predicted molar refractivity (Wildman–Crippen MR) is 81.7 cm³/mol. The Labute approximate surface area is 122 Å². The van der Waals surface area contributed by atoms with Crippen molar-refractivity contribution >= 4 is 0 Å². The molecule has 1 saturated heterocycles. The van der Waals surface area contributed by atoms with E-state index in [9.17, 15) is 10.2 Å². The second-order valence-corrected chi connectivity index (χ2v) is 5.54. The van der Waals surface area contributed by atoms with Gasteiger partial charge < -0.3 is 31.5 Å². The van der Waals surface area contributed by atoms with Crippen LogP contribution in [0.2, 0.25) is 0 Å². The fourth-order valence-electron chi connectivity index (χ4n) is 2.23. The molecule has 0 radical (unpaired) electrons. The minimum absolute atomic E-state index is 0.368. The van der Waals surface area contributed by atoms with Gasteiger partial charge in [-0.2, -0.15) is 0 Å². The number of hydrogen-bond acceptors (Lipinski definition) is 6. The zero-order valence-electron chi connectivity index (χ0n) is 12.6. The first-order chi connectivity index (χ1) is 9.71. The first kappa shape index (κ1) is 17.8. The molecule has 0 aromatic rings. The molecular formula is C14H32N4O2. The van der Waals surface area contributed by atoms with Crippen LogP contribution in [-0.2, 0) is 0 Å². The Morgan fingerprint density at radius 2 is 0.900 bits per heavy atom. The van der Waals surface area contributed by atoms with E-state index >= 15 is 0 Å². The van der Waals surface area contributed by atoms with E-state index in [-0.39, 0.29) is 0 Å². The maximum absolute atomic E-state index is 9.81. The van der Waals surface area contributed by atoms with Crippen molar-refractivity contribution in [1.82, 2.24) is 21.3 Å². The number of aliphatic hydroxyl groups is 2. The van der Waals surface area contributed by atoms with Crippen LogP contribution in [0.4, 0.5) is 0 Å². The summed E-state index contributed by atoms with van der Waals surface area (Å²) in [6.45, 7) is 7.01. The van der Waals surface area contributed by atoms with Crippen molar-refractivity contribution in [2.75, 3.05) is 52.4 Å². The Kier molecular flexibility index (Phi) is 10.2. The molecule has 0 saturated carbocycles. The summed E-state index contributed by atoms with van der Waals surface area (Å²) < 4.78 is 0. The third-order valence-corrected chi connectivity index (χ3v) is 3.57. The number of rotatable bonds is 0. The quantitative estimate of drug-likeness (QED) is 0.320. The first-order valence-corrected chi connectivity index (χ1v) is 7.98. The average Bonchev–Trinajstić information content (AvgIpc) is 2.41. The summed E-state index contributed by atoms with van der Waals surface area (Å²) in [5, 5.41) is 32.9. The van der Waals surface area contributed by atoms with Crippen molar-refractivity contribution in [1.29, 1.82) is 0 Å². The van der Waals surface area contributed by atoms with Gasteiger partial charge in [0.25, 0.3) is 0 Å². The largest absolute Gasteiger partial charge is 0.366 e. The minimum Gasteiger partial charge on any atom is -0.366 e. The molecule has 120 valence electrons. The fourth-order valence-corrected chi connectivity index (χ4v) is 2.23. The third kappa shape index (κ3) is 10.5. The van der Waals surface area contributed by atoms with Gasteiger partial charge in [0.2, 0.25) is 0 Å². The van der Waals surface area contributed by atoms with Crippen LogP contribution in [-0.4, -0.2) is 68.4 Å². The second kappa shape index (κ2) is 11.4. The van der Waals surface area contributed by atoms with Crippen LogP contribution in [0.1, 0.15) is 32.1 Å². The van der Waals surface area contributed by atoms with Crippen molar-refractivity contribution in [3.05, 3.63) is 0 Å². The van der Waals surface area contributed by atoms with Crippen LogP contribution < -0.4 is 21.3 Å². The Morgan fingerprint density at radius 3 is 1.35 bits per heavy atom. The van der Waals surface area contributed by atoms with E-state index in [2.05, 4.69) is 21.3 Å². The van der Waals surface area contributed by atoms with Gasteiger partial charge in [-0.25, -0.2) is 0 Å². The van der Waals surface area contributed by atoms with Crippen LogP contribution >= 0.6 is 0 Å². The molecule has 0 aromatic heterocycles. The van der Waals surface area contributed by atoms with Crippen LogP contribution in [0, 0.1) is 0 Å². The summed E-state index contributed by atoms with van der Waals surface area (Å²) in [6, 6.07) is 0. The van der Waals surface area contributed by atoms with Gasteiger partial charge in [0.15, 0.2) is 5.79 Å². The molecule has 1 aliphatic heterocycles. The molecule has 0 spiro atoms. The molecule has 20 heavy (non-hydrogen) atoms. The Hall–Kier alpha value is -0.240. The Bertz CT molecular complexity index is 207. The summed E-state index contributed by atoms with van der Waals surface area (Å²) >= 11 is 0. The van der Waals surface area contributed by atoms with Crippen molar-refractivity contribution in [3.63, 3.8) is 0 Å². The summed E-state index contributed by atoms with van der Waals surface area (Å²) in [5.74, 6) is -1.56. The van der Waals surface area contributed by atoms with Crippen molar-refractivity contribution in [2.45, 2.75) is 37.9 Å². The lowest BCUT2D eigenvalue weighted by Gasteiger charge is -2.22. The fraction of sp³-hybridized carbons (Fsp3) is 1.00. The van der Waals surface area contributed by atoms with Crippen molar-refractivity contribution < 1.29 is 10.2 Å². The molecule has 6 N–H and O–H groups in total. The lowest BCUT2D eigenvalue weighted by molar-refractivity contribution is -0.168. The Morgan fingerprint density at radius 1 is 0.500 bits per heavy atom. The molecule has 6 nitrogen and oxygen atoms in total. The maximum Gasteiger partial charge on any atom is 0.164 e. The molecule has 1 fully saturated rings. The molecule has 1 rings (SSSR count). The number of nitrogens with one attached hydrogen (secondary N) is 4. The maximum atomic E-state index is 9.81. The van der Waals surface area contributed by atoms with E-state index in [1.807, 2.05) is 0 Å². The van der Waals surface area contributed by atoms with Crippen LogP contribution in [0.25, 0.3) is 0 Å². The Balaban J connectivity index is 2.18. The summed E-state index contributed by atoms with van der Waals surface area (Å²) in [7, 11) is 0. The molecule has 1 heterocycles. The highest BCUT2D eigenvalue weighted by Crippen LogP contribution is 2.09. The molecule has 0 bridgehead atoms. The third-order valence-electron chi connectivity index (χ3n) is 3.57. The normalized spacial score (nSPS) is 25.5. The molecule has 0 aliphatic carbocycles. The molecule has 6 heteroatoms. The van der Waals surface area contributed by atoms with E-state index in [0.717, 1.165) is 39.3 Å². The van der Waals surface area contributed by atoms with Gasteiger partial charge in [-0.1, -0.05) is 6.42 Å². The SMILES string of the molecule is OC1(O)CCNCCNCCCCCNCCNCC1. The van der Waals surface area contributed by atoms with Gasteiger partial charge in [0.05, 0.1) is 0 Å². The highest BCUT2D eigenvalue weighted by Gasteiger charge is 2.21. The molecule has 1 aliphatic rings. The van der Waals surface area contributed by atoms with Crippen LogP contribution in [0.5, 0.6) is 0 Å². The molecule has 0 atom stereocenters. The molecule has 0 aromatic carbocycles. The van der Waals surface area contributed by atoms with E-state index in [1.165, 1.54) is 19.3 Å². The number of hydrogen-bond donors (Lipinski definition) is 6. The molecule has 0 unspecified atom stereocenters. The van der Waals surface area contributed by atoms with Gasteiger partial charge in [-0.15, -0.1) is 0 Å². The monoisotopic (exact) mass is 288 g/mol. The average molecular weight is 288 g/mol. The lowest BCUT2D eigenvalue weighted by Crippen LogP contribution is -2.38. The highest BCUT2D eigenvalue weighted by molar-refractivity contribution is 4.68. The zero-order valence-corrected chi connectivity index (χ0v) is 12.6. The zero-order chi connectivity index (χ0) is 14.5. The summed E-state index contributed by atoms with van der Waals surface area (Å²) in [4.78, 5) is 0. The standard InChI is InChI=1S/C14H32N4O2/c19-14(20)4-8-17-12-10-15-6-2-1-3-7-16-11-13-18-9-5-14/h15-20H,1-13H2. The van der Waals surface area contributed by atoms with Gasteiger partial charge >= 0.3 is 0 Å². The first-order valence-electron chi connectivity index (χ1n) is 7.98. The smallest absolute Gasteiger partial charge is 0.164 e. The van der Waals surface area contributed by atoms with E-state index in [0.29, 0.717) is 25.9 Å². The molecular weight excluding hydrogens is 256 g/mol.